The maximum atomic E-state index is 12.5. The van der Waals surface area contributed by atoms with Gasteiger partial charge in [-0.3, -0.25) is 14.5 Å². The van der Waals surface area contributed by atoms with Crippen molar-refractivity contribution in [2.75, 3.05) is 26.2 Å². The maximum Gasteiger partial charge on any atom is 0.270 e. The number of carbonyl (C=O) groups excluding carboxylic acids is 2. The molecule has 0 unspecified atom stereocenters. The molecule has 1 aliphatic rings. The van der Waals surface area contributed by atoms with Crippen LogP contribution in [0.5, 0.6) is 0 Å². The second-order valence-corrected chi connectivity index (χ2v) is 6.85. The highest BCUT2D eigenvalue weighted by molar-refractivity contribution is 7.09. The molecular weight excluding hydrogens is 312 g/mol. The quantitative estimate of drug-likeness (QED) is 0.869. The Hall–Kier alpha value is -1.99. The van der Waals surface area contributed by atoms with Gasteiger partial charge < -0.3 is 9.88 Å². The number of ketones is 1. The fraction of sp³-hybridized carbons (Fsp3) is 0.438. The summed E-state index contributed by atoms with van der Waals surface area (Å²) in [6.07, 6.45) is 1.59. The van der Waals surface area contributed by atoms with E-state index in [9.17, 15) is 9.59 Å². The van der Waals surface area contributed by atoms with Crippen molar-refractivity contribution in [1.29, 1.82) is 0 Å². The number of aromatic amines is 1. The highest BCUT2D eigenvalue weighted by Gasteiger charge is 2.23. The Morgan fingerprint density at radius 2 is 2.04 bits per heavy atom. The minimum Gasteiger partial charge on any atom is -0.356 e. The molecule has 0 aromatic carbocycles. The Labute approximate surface area is 139 Å². The largest absolute Gasteiger partial charge is 0.356 e. The third-order valence-corrected chi connectivity index (χ3v) is 4.85. The highest BCUT2D eigenvalue weighted by atomic mass is 32.1. The third kappa shape index (κ3) is 3.68. The van der Waals surface area contributed by atoms with Gasteiger partial charge in [0, 0.05) is 49.9 Å². The van der Waals surface area contributed by atoms with Crippen molar-refractivity contribution in [2.24, 2.45) is 0 Å². The molecule has 1 saturated heterocycles. The molecule has 6 nitrogen and oxygen atoms in total. The minimum absolute atomic E-state index is 0.0383. The summed E-state index contributed by atoms with van der Waals surface area (Å²) in [6, 6.07) is 1.63. The van der Waals surface area contributed by atoms with Crippen molar-refractivity contribution in [3.63, 3.8) is 0 Å². The van der Waals surface area contributed by atoms with Crippen molar-refractivity contribution >= 4 is 23.0 Å². The second kappa shape index (κ2) is 6.64. The number of hydrogen-bond acceptors (Lipinski definition) is 5. The fourth-order valence-corrected chi connectivity index (χ4v) is 3.31. The first-order valence-corrected chi connectivity index (χ1v) is 8.53. The predicted octanol–water partition coefficient (Wildman–Crippen LogP) is 1.94. The zero-order valence-corrected chi connectivity index (χ0v) is 14.2. The van der Waals surface area contributed by atoms with Gasteiger partial charge in [-0.25, -0.2) is 4.98 Å². The van der Waals surface area contributed by atoms with Crippen LogP contribution in [0.15, 0.2) is 17.6 Å². The lowest BCUT2D eigenvalue weighted by Gasteiger charge is -2.34. The summed E-state index contributed by atoms with van der Waals surface area (Å²) in [4.78, 5) is 35.3. The first kappa shape index (κ1) is 15.9. The van der Waals surface area contributed by atoms with E-state index in [1.54, 1.807) is 23.6 Å². The van der Waals surface area contributed by atoms with Gasteiger partial charge in [0.2, 0.25) is 0 Å². The van der Waals surface area contributed by atoms with Crippen molar-refractivity contribution in [3.05, 3.63) is 39.6 Å². The molecule has 7 heteroatoms. The average molecular weight is 332 g/mol. The van der Waals surface area contributed by atoms with Gasteiger partial charge in [0.1, 0.15) is 5.69 Å². The summed E-state index contributed by atoms with van der Waals surface area (Å²) in [6.45, 7) is 7.40. The molecule has 2 aromatic heterocycles. The van der Waals surface area contributed by atoms with E-state index >= 15 is 0 Å². The number of rotatable bonds is 4. The van der Waals surface area contributed by atoms with Crippen LogP contribution < -0.4 is 0 Å². The van der Waals surface area contributed by atoms with Crippen molar-refractivity contribution < 1.29 is 9.59 Å². The number of Topliss-reactive ketones (excluding diaryl/α,β-unsaturated/α-hetero) is 1. The van der Waals surface area contributed by atoms with E-state index in [0.717, 1.165) is 30.3 Å². The van der Waals surface area contributed by atoms with Crippen LogP contribution in [0.25, 0.3) is 0 Å². The van der Waals surface area contributed by atoms with Gasteiger partial charge in [-0.15, -0.1) is 11.3 Å². The number of piperazine rings is 1. The van der Waals surface area contributed by atoms with E-state index < -0.39 is 0 Å². The lowest BCUT2D eigenvalue weighted by molar-refractivity contribution is 0.0622. The maximum absolute atomic E-state index is 12.5. The number of aryl methyl sites for hydroxylation is 1. The lowest BCUT2D eigenvalue weighted by atomic mass is 10.2. The van der Waals surface area contributed by atoms with E-state index in [4.69, 9.17) is 0 Å². The average Bonchev–Trinajstić information content (AvgIpc) is 3.17. The predicted molar refractivity (Wildman–Crippen MR) is 88.8 cm³/mol. The smallest absolute Gasteiger partial charge is 0.270 e. The highest BCUT2D eigenvalue weighted by Crippen LogP contribution is 2.14. The number of H-pyrrole nitrogens is 1. The summed E-state index contributed by atoms with van der Waals surface area (Å²) >= 11 is 1.67. The number of nitrogens with one attached hydrogen (secondary N) is 1. The first-order valence-electron chi connectivity index (χ1n) is 7.65. The Morgan fingerprint density at radius 1 is 1.30 bits per heavy atom. The van der Waals surface area contributed by atoms with Crippen LogP contribution in [0.3, 0.4) is 0 Å². The summed E-state index contributed by atoms with van der Waals surface area (Å²) in [7, 11) is 0. The van der Waals surface area contributed by atoms with Crippen LogP contribution in [0.4, 0.5) is 0 Å². The molecule has 1 fully saturated rings. The lowest BCUT2D eigenvalue weighted by Crippen LogP contribution is -2.48. The molecule has 23 heavy (non-hydrogen) atoms. The van der Waals surface area contributed by atoms with Crippen LogP contribution in [0.2, 0.25) is 0 Å². The van der Waals surface area contributed by atoms with Crippen LogP contribution in [0, 0.1) is 6.92 Å². The molecule has 0 saturated carbocycles. The van der Waals surface area contributed by atoms with Crippen molar-refractivity contribution in [3.8, 4) is 0 Å². The molecule has 122 valence electrons. The molecule has 0 spiro atoms. The minimum atomic E-state index is -0.0401. The van der Waals surface area contributed by atoms with Crippen LogP contribution in [0.1, 0.15) is 38.5 Å². The Morgan fingerprint density at radius 3 is 2.61 bits per heavy atom. The van der Waals surface area contributed by atoms with Crippen LogP contribution in [-0.4, -0.2) is 57.6 Å². The number of amides is 1. The summed E-state index contributed by atoms with van der Waals surface area (Å²) in [5, 5.41) is 3.18. The van der Waals surface area contributed by atoms with Crippen LogP contribution >= 0.6 is 11.3 Å². The van der Waals surface area contributed by atoms with Crippen molar-refractivity contribution in [1.82, 2.24) is 19.8 Å². The summed E-state index contributed by atoms with van der Waals surface area (Å²) in [5.74, 6) is -0.0784. The van der Waals surface area contributed by atoms with Gasteiger partial charge in [-0.1, -0.05) is 0 Å². The summed E-state index contributed by atoms with van der Waals surface area (Å²) in [5.41, 5.74) is 2.13. The Bertz CT molecular complexity index is 713. The van der Waals surface area contributed by atoms with Crippen LogP contribution in [-0.2, 0) is 6.54 Å². The third-order valence-electron chi connectivity index (χ3n) is 4.03. The standard InChI is InChI=1S/C16H20N4O2S/c1-11(21)13-7-15(17-8-13)16(22)20-5-3-19(4-6-20)9-14-10-23-12(2)18-14/h7-8,10,17H,3-6,9H2,1-2H3. The molecule has 1 N–H and O–H groups in total. The van der Waals surface area contributed by atoms with Gasteiger partial charge in [0.05, 0.1) is 10.7 Å². The number of nitrogens with zero attached hydrogens (tertiary/aromatic N) is 3. The summed E-state index contributed by atoms with van der Waals surface area (Å²) < 4.78 is 0. The number of hydrogen-bond donors (Lipinski definition) is 1. The molecule has 0 bridgehead atoms. The number of carbonyl (C=O) groups is 2. The number of aromatic nitrogens is 2. The molecule has 1 amide bonds. The van der Waals surface area contributed by atoms with Gasteiger partial charge in [0.15, 0.2) is 5.78 Å². The van der Waals surface area contributed by atoms with Crippen molar-refractivity contribution in [2.45, 2.75) is 20.4 Å². The Balaban J connectivity index is 1.55. The Kier molecular flexibility index (Phi) is 4.58. The molecule has 3 rings (SSSR count). The second-order valence-electron chi connectivity index (χ2n) is 5.78. The fourth-order valence-electron chi connectivity index (χ4n) is 2.71. The normalized spacial score (nSPS) is 15.8. The van der Waals surface area contributed by atoms with Gasteiger partial charge in [0.25, 0.3) is 5.91 Å². The van der Waals surface area contributed by atoms with E-state index in [0.29, 0.717) is 24.3 Å². The monoisotopic (exact) mass is 332 g/mol. The van der Waals surface area contributed by atoms with E-state index in [1.165, 1.54) is 6.92 Å². The topological polar surface area (TPSA) is 69.3 Å². The first-order chi connectivity index (χ1) is 11.0. The molecule has 2 aromatic rings. The molecule has 1 aliphatic heterocycles. The molecule has 0 aliphatic carbocycles. The van der Waals surface area contributed by atoms with E-state index in [1.807, 2.05) is 11.8 Å². The molecule has 0 atom stereocenters. The van der Waals surface area contributed by atoms with E-state index in [-0.39, 0.29) is 11.7 Å². The molecule has 0 radical (unpaired) electrons. The van der Waals surface area contributed by atoms with Gasteiger partial charge in [-0.05, 0) is 19.9 Å². The zero-order chi connectivity index (χ0) is 16.4. The molecule has 3 heterocycles. The zero-order valence-electron chi connectivity index (χ0n) is 13.3. The van der Waals surface area contributed by atoms with Gasteiger partial charge >= 0.3 is 0 Å². The number of thiazole rings is 1. The molecular formula is C16H20N4O2S. The van der Waals surface area contributed by atoms with E-state index in [2.05, 4.69) is 20.2 Å². The van der Waals surface area contributed by atoms with Gasteiger partial charge in [-0.2, -0.15) is 0 Å². The SMILES string of the molecule is CC(=O)c1c[nH]c(C(=O)N2CCN(Cc3csc(C)n3)CC2)c1.